The van der Waals surface area contributed by atoms with Gasteiger partial charge in [0, 0.05) is 38.1 Å². The average molecular weight is 520 g/mol. The van der Waals surface area contributed by atoms with Gasteiger partial charge < -0.3 is 31.7 Å². The minimum Gasteiger partial charge on any atom is -0.380 e. The molecule has 1 aromatic rings. The van der Waals surface area contributed by atoms with E-state index in [-0.39, 0.29) is 43.4 Å². The zero-order valence-corrected chi connectivity index (χ0v) is 22.4. The van der Waals surface area contributed by atoms with Crippen molar-refractivity contribution >= 4 is 35.2 Å². The number of nitrogens with one attached hydrogen (secondary N) is 4. The first-order valence-electron chi connectivity index (χ1n) is 12.5. The fraction of sp³-hybridized carbons (Fsp3) is 0.577. The van der Waals surface area contributed by atoms with Crippen LogP contribution in [0, 0.1) is 11.8 Å². The van der Waals surface area contributed by atoms with Crippen molar-refractivity contribution in [3.05, 3.63) is 29.8 Å². The number of primary amides is 1. The standard InChI is InChI=1S/C26H41N5O6/c1-16(2)21(32)12-13-22(33)31-23(17(3)4)25(35)30-20(7-6-14-28-26(27)36)24(34)29-19-10-8-18(9-11-19)15-37-5/h8-11,16-17,20,23H,6-7,12-15H2,1-5H3,(H,29,34)(H,30,35)(H,31,33)(H3,27,28,36)/t20-,23-/m0/s1. The zero-order chi connectivity index (χ0) is 28.0. The van der Waals surface area contributed by atoms with Gasteiger partial charge in [0.05, 0.1) is 6.61 Å². The van der Waals surface area contributed by atoms with Crippen LogP contribution in [0.2, 0.25) is 0 Å². The van der Waals surface area contributed by atoms with E-state index in [0.29, 0.717) is 18.7 Å². The molecule has 1 aromatic carbocycles. The summed E-state index contributed by atoms with van der Waals surface area (Å²) in [5, 5.41) is 10.7. The smallest absolute Gasteiger partial charge is 0.312 e. The molecule has 1 rings (SSSR count). The molecule has 11 nitrogen and oxygen atoms in total. The Labute approximate surface area is 218 Å². The molecular weight excluding hydrogens is 478 g/mol. The van der Waals surface area contributed by atoms with E-state index in [1.807, 2.05) is 12.1 Å². The van der Waals surface area contributed by atoms with Gasteiger partial charge in [-0.15, -0.1) is 0 Å². The van der Waals surface area contributed by atoms with E-state index < -0.39 is 35.8 Å². The highest BCUT2D eigenvalue weighted by Crippen LogP contribution is 2.12. The van der Waals surface area contributed by atoms with Crippen molar-refractivity contribution in [2.75, 3.05) is 19.0 Å². The van der Waals surface area contributed by atoms with Crippen molar-refractivity contribution in [3.63, 3.8) is 0 Å². The van der Waals surface area contributed by atoms with E-state index in [1.54, 1.807) is 46.9 Å². The first kappa shape index (κ1) is 31.6. The molecule has 5 amide bonds. The van der Waals surface area contributed by atoms with Crippen LogP contribution in [-0.2, 0) is 30.5 Å². The fourth-order valence-corrected chi connectivity index (χ4v) is 3.43. The maximum atomic E-state index is 13.1. The van der Waals surface area contributed by atoms with Crippen LogP contribution in [-0.4, -0.2) is 55.3 Å². The minimum atomic E-state index is -0.929. The van der Waals surface area contributed by atoms with Gasteiger partial charge in [-0.2, -0.15) is 0 Å². The number of amides is 5. The van der Waals surface area contributed by atoms with Crippen LogP contribution in [0.5, 0.6) is 0 Å². The van der Waals surface area contributed by atoms with Gasteiger partial charge in [0.1, 0.15) is 17.9 Å². The number of ether oxygens (including phenoxy) is 1. The molecule has 0 bridgehead atoms. The summed E-state index contributed by atoms with van der Waals surface area (Å²) in [4.78, 5) is 61.4. The maximum absolute atomic E-state index is 13.1. The summed E-state index contributed by atoms with van der Waals surface area (Å²) in [6.07, 6.45) is 0.678. The number of benzene rings is 1. The van der Waals surface area contributed by atoms with Crippen molar-refractivity contribution in [1.29, 1.82) is 0 Å². The molecule has 37 heavy (non-hydrogen) atoms. The minimum absolute atomic E-state index is 0.0186. The van der Waals surface area contributed by atoms with Gasteiger partial charge in [-0.3, -0.25) is 19.2 Å². The van der Waals surface area contributed by atoms with E-state index in [0.717, 1.165) is 5.56 Å². The Bertz CT molecular complexity index is 917. The molecule has 0 radical (unpaired) electrons. The van der Waals surface area contributed by atoms with E-state index >= 15 is 0 Å². The van der Waals surface area contributed by atoms with Gasteiger partial charge in [0.15, 0.2) is 0 Å². The predicted molar refractivity (Wildman–Crippen MR) is 140 cm³/mol. The number of nitrogens with two attached hydrogens (primary N) is 1. The highest BCUT2D eigenvalue weighted by atomic mass is 16.5. The number of hydrogen-bond donors (Lipinski definition) is 5. The Kier molecular flexibility index (Phi) is 13.9. The molecule has 206 valence electrons. The molecule has 0 spiro atoms. The molecule has 6 N–H and O–H groups in total. The lowest BCUT2D eigenvalue weighted by Gasteiger charge is -2.25. The van der Waals surface area contributed by atoms with Crippen molar-refractivity contribution in [2.24, 2.45) is 17.6 Å². The van der Waals surface area contributed by atoms with E-state index in [2.05, 4.69) is 21.3 Å². The molecule has 0 aliphatic rings. The summed E-state index contributed by atoms with van der Waals surface area (Å²) in [5.41, 5.74) is 6.58. The number of ketones is 1. The average Bonchev–Trinajstić information content (AvgIpc) is 2.83. The van der Waals surface area contributed by atoms with Crippen molar-refractivity contribution in [3.8, 4) is 0 Å². The number of carbonyl (C=O) groups is 5. The van der Waals surface area contributed by atoms with Crippen LogP contribution in [0.4, 0.5) is 10.5 Å². The Morgan fingerprint density at radius 3 is 2.11 bits per heavy atom. The normalized spacial score (nSPS) is 12.5. The van der Waals surface area contributed by atoms with Gasteiger partial charge in [0.2, 0.25) is 17.7 Å². The summed E-state index contributed by atoms with van der Waals surface area (Å²) >= 11 is 0. The van der Waals surface area contributed by atoms with Gasteiger partial charge in [-0.1, -0.05) is 39.8 Å². The lowest BCUT2D eigenvalue weighted by molar-refractivity contribution is -0.132. The second kappa shape index (κ2) is 16.3. The predicted octanol–water partition coefficient (Wildman–Crippen LogP) is 1.85. The van der Waals surface area contributed by atoms with Crippen molar-refractivity contribution in [2.45, 2.75) is 72.1 Å². The molecule has 0 unspecified atom stereocenters. The summed E-state index contributed by atoms with van der Waals surface area (Å²) in [7, 11) is 1.59. The molecule has 2 atom stereocenters. The monoisotopic (exact) mass is 519 g/mol. The van der Waals surface area contributed by atoms with E-state index in [4.69, 9.17) is 10.5 Å². The Morgan fingerprint density at radius 2 is 1.57 bits per heavy atom. The van der Waals surface area contributed by atoms with Crippen LogP contribution in [0.1, 0.15) is 58.9 Å². The second-order valence-corrected chi connectivity index (χ2v) is 9.52. The van der Waals surface area contributed by atoms with Gasteiger partial charge in [-0.05, 0) is 36.5 Å². The molecule has 0 aliphatic carbocycles. The summed E-state index contributed by atoms with van der Waals surface area (Å²) in [6, 6.07) is 4.59. The first-order chi connectivity index (χ1) is 17.4. The van der Waals surface area contributed by atoms with Crippen molar-refractivity contribution in [1.82, 2.24) is 16.0 Å². The molecule has 0 heterocycles. The number of hydrogen-bond acceptors (Lipinski definition) is 6. The Hall–Kier alpha value is -3.47. The zero-order valence-electron chi connectivity index (χ0n) is 22.4. The molecule has 0 saturated carbocycles. The van der Waals surface area contributed by atoms with Crippen LogP contribution in [0.15, 0.2) is 24.3 Å². The topological polar surface area (TPSA) is 169 Å². The van der Waals surface area contributed by atoms with Gasteiger partial charge >= 0.3 is 6.03 Å². The van der Waals surface area contributed by atoms with E-state index in [9.17, 15) is 24.0 Å². The quantitative estimate of drug-likeness (QED) is 0.209. The number of methoxy groups -OCH3 is 1. The lowest BCUT2D eigenvalue weighted by Crippen LogP contribution is -2.54. The molecular formula is C26H41N5O6. The molecule has 0 saturated heterocycles. The first-order valence-corrected chi connectivity index (χ1v) is 12.5. The van der Waals surface area contributed by atoms with E-state index in [1.165, 1.54) is 0 Å². The Balaban J connectivity index is 2.89. The highest BCUT2D eigenvalue weighted by molar-refractivity contribution is 5.98. The molecule has 11 heteroatoms. The highest BCUT2D eigenvalue weighted by Gasteiger charge is 2.29. The fourth-order valence-electron chi connectivity index (χ4n) is 3.43. The third-order valence-electron chi connectivity index (χ3n) is 5.64. The molecule has 0 aliphatic heterocycles. The number of carbonyl (C=O) groups excluding carboxylic acids is 5. The van der Waals surface area contributed by atoms with Gasteiger partial charge in [0.25, 0.3) is 0 Å². The maximum Gasteiger partial charge on any atom is 0.312 e. The largest absolute Gasteiger partial charge is 0.380 e. The number of rotatable bonds is 16. The third-order valence-corrected chi connectivity index (χ3v) is 5.64. The van der Waals surface area contributed by atoms with Crippen molar-refractivity contribution < 1.29 is 28.7 Å². The number of urea groups is 1. The summed E-state index contributed by atoms with van der Waals surface area (Å²) in [6.45, 7) is 7.75. The van der Waals surface area contributed by atoms with Crippen LogP contribution >= 0.6 is 0 Å². The Morgan fingerprint density at radius 1 is 0.919 bits per heavy atom. The van der Waals surface area contributed by atoms with Crippen LogP contribution in [0.3, 0.4) is 0 Å². The van der Waals surface area contributed by atoms with Gasteiger partial charge in [-0.25, -0.2) is 4.79 Å². The molecule has 0 aromatic heterocycles. The van der Waals surface area contributed by atoms with Crippen LogP contribution in [0.25, 0.3) is 0 Å². The number of Topliss-reactive ketones (excluding diaryl/α,β-unsaturated/α-hetero) is 1. The third kappa shape index (κ3) is 12.4. The van der Waals surface area contributed by atoms with Crippen LogP contribution < -0.4 is 27.0 Å². The summed E-state index contributed by atoms with van der Waals surface area (Å²) in [5.74, 6) is -1.84. The summed E-state index contributed by atoms with van der Waals surface area (Å²) < 4.78 is 5.09. The lowest BCUT2D eigenvalue weighted by atomic mass is 10.0. The second-order valence-electron chi connectivity index (χ2n) is 9.52. The molecule has 0 fully saturated rings. The SMILES string of the molecule is COCc1ccc(NC(=O)[C@H](CCCNC(N)=O)NC(=O)[C@@H](NC(=O)CCC(=O)C(C)C)C(C)C)cc1. The number of anilines is 1.